The number of aromatic nitrogens is 2. The Balaban J connectivity index is 0.00000133. The van der Waals surface area contributed by atoms with Gasteiger partial charge < -0.3 is 9.80 Å². The molecule has 0 fully saturated rings. The third-order valence-electron chi connectivity index (χ3n) is 2.93. The molecular formula is C14H14IrN4-2. The minimum Gasteiger partial charge on any atom is -0.497 e. The van der Waals surface area contributed by atoms with Gasteiger partial charge in [-0.1, -0.05) is 0 Å². The molecule has 2 heterocycles. The van der Waals surface area contributed by atoms with Gasteiger partial charge in [0.2, 0.25) is 0 Å². The minimum absolute atomic E-state index is 0. The summed E-state index contributed by atoms with van der Waals surface area (Å²) in [5.74, 6) is 0.904. The molecule has 0 amide bonds. The van der Waals surface area contributed by atoms with Crippen LogP contribution < -0.4 is 9.80 Å². The first-order chi connectivity index (χ1) is 8.77. The van der Waals surface area contributed by atoms with Crippen molar-refractivity contribution >= 4 is 17.2 Å². The molecule has 0 saturated carbocycles. The SMILES string of the molecule is CC(C)N1[CH-]N(c2[c-]cccc2)c2ncncc21.[Ir]. The molecule has 0 atom stereocenters. The van der Waals surface area contributed by atoms with Gasteiger partial charge in [-0.15, -0.1) is 12.4 Å². The molecule has 1 aliphatic rings. The molecule has 0 bridgehead atoms. The Kier molecular flexibility index (Phi) is 4.17. The molecule has 5 heteroatoms. The van der Waals surface area contributed by atoms with Crippen LogP contribution in [0.1, 0.15) is 13.8 Å². The van der Waals surface area contributed by atoms with Crippen LogP contribution in [0.5, 0.6) is 0 Å². The summed E-state index contributed by atoms with van der Waals surface area (Å²) >= 11 is 0. The van der Waals surface area contributed by atoms with Gasteiger partial charge in [-0.05, 0) is 19.9 Å². The van der Waals surface area contributed by atoms with Gasteiger partial charge in [0, 0.05) is 20.1 Å². The first-order valence-corrected chi connectivity index (χ1v) is 5.96. The summed E-state index contributed by atoms with van der Waals surface area (Å²) in [5.41, 5.74) is 2.02. The Labute approximate surface area is 126 Å². The van der Waals surface area contributed by atoms with Gasteiger partial charge in [-0.25, -0.2) is 9.97 Å². The zero-order chi connectivity index (χ0) is 12.5. The van der Waals surface area contributed by atoms with Gasteiger partial charge in [-0.3, -0.25) is 0 Å². The van der Waals surface area contributed by atoms with E-state index in [1.807, 2.05) is 35.4 Å². The number of anilines is 3. The normalized spacial score (nSPS) is 13.4. The van der Waals surface area contributed by atoms with E-state index < -0.39 is 0 Å². The van der Waals surface area contributed by atoms with Gasteiger partial charge in [0.15, 0.2) is 0 Å². The maximum Gasteiger partial charge on any atom is 0.128 e. The predicted octanol–water partition coefficient (Wildman–Crippen LogP) is 2.76. The fraction of sp³-hybridized carbons (Fsp3) is 0.214. The number of hydrogen-bond donors (Lipinski definition) is 0. The van der Waals surface area contributed by atoms with Crippen molar-refractivity contribution in [2.24, 2.45) is 0 Å². The maximum atomic E-state index is 4.37. The first-order valence-electron chi connectivity index (χ1n) is 5.96. The zero-order valence-electron chi connectivity index (χ0n) is 10.7. The van der Waals surface area contributed by atoms with Gasteiger partial charge in [0.25, 0.3) is 0 Å². The Hall–Kier alpha value is -1.45. The van der Waals surface area contributed by atoms with Crippen LogP contribution >= 0.6 is 0 Å². The zero-order valence-corrected chi connectivity index (χ0v) is 13.1. The van der Waals surface area contributed by atoms with Crippen LogP contribution in [0, 0.1) is 12.7 Å². The van der Waals surface area contributed by atoms with E-state index in [1.165, 1.54) is 0 Å². The Morgan fingerprint density at radius 1 is 1.32 bits per heavy atom. The average molecular weight is 431 g/mol. The quantitative estimate of drug-likeness (QED) is 0.686. The fourth-order valence-electron chi connectivity index (χ4n) is 2.05. The van der Waals surface area contributed by atoms with E-state index >= 15 is 0 Å². The summed E-state index contributed by atoms with van der Waals surface area (Å²) < 4.78 is 0. The van der Waals surface area contributed by atoms with Crippen LogP contribution in [-0.2, 0) is 20.1 Å². The topological polar surface area (TPSA) is 32.3 Å². The molecule has 1 aromatic heterocycles. The second-order valence-corrected chi connectivity index (χ2v) is 4.47. The molecule has 0 spiro atoms. The van der Waals surface area contributed by atoms with Gasteiger partial charge in [0.1, 0.15) is 12.1 Å². The van der Waals surface area contributed by atoms with E-state index in [0.717, 1.165) is 17.2 Å². The van der Waals surface area contributed by atoms with Gasteiger partial charge in [-0.2, -0.15) is 30.3 Å². The summed E-state index contributed by atoms with van der Waals surface area (Å²) in [7, 11) is 0. The van der Waals surface area contributed by atoms with Crippen LogP contribution in [0.25, 0.3) is 0 Å². The van der Waals surface area contributed by atoms with Crippen molar-refractivity contribution in [1.29, 1.82) is 0 Å². The molecule has 2 aromatic rings. The molecule has 1 radical (unpaired) electrons. The number of rotatable bonds is 2. The third kappa shape index (κ3) is 2.48. The van der Waals surface area contributed by atoms with E-state index in [2.05, 4.69) is 41.5 Å². The Morgan fingerprint density at radius 3 is 2.84 bits per heavy atom. The van der Waals surface area contributed by atoms with Crippen molar-refractivity contribution in [2.75, 3.05) is 9.80 Å². The molecule has 19 heavy (non-hydrogen) atoms. The second-order valence-electron chi connectivity index (χ2n) is 4.47. The maximum absolute atomic E-state index is 4.37. The van der Waals surface area contributed by atoms with Crippen molar-refractivity contribution in [3.05, 3.63) is 49.5 Å². The van der Waals surface area contributed by atoms with Gasteiger partial charge in [0.05, 0.1) is 11.9 Å². The van der Waals surface area contributed by atoms with Crippen LogP contribution in [0.15, 0.2) is 36.8 Å². The molecule has 0 N–H and O–H groups in total. The predicted molar refractivity (Wildman–Crippen MR) is 71.4 cm³/mol. The molecule has 3 rings (SSSR count). The van der Waals surface area contributed by atoms with E-state index in [-0.39, 0.29) is 20.1 Å². The van der Waals surface area contributed by atoms with Crippen LogP contribution in [-0.4, -0.2) is 16.0 Å². The first kappa shape index (κ1) is 14.0. The molecule has 1 aromatic carbocycles. The second kappa shape index (κ2) is 5.68. The molecule has 0 unspecified atom stereocenters. The molecule has 0 aliphatic carbocycles. The third-order valence-corrected chi connectivity index (χ3v) is 2.93. The average Bonchev–Trinajstić information content (AvgIpc) is 2.79. The monoisotopic (exact) mass is 431 g/mol. The van der Waals surface area contributed by atoms with Crippen LogP contribution in [0.4, 0.5) is 17.2 Å². The van der Waals surface area contributed by atoms with Crippen molar-refractivity contribution in [3.63, 3.8) is 0 Å². The van der Waals surface area contributed by atoms with Crippen molar-refractivity contribution < 1.29 is 20.1 Å². The van der Waals surface area contributed by atoms with Crippen LogP contribution in [0.2, 0.25) is 0 Å². The summed E-state index contributed by atoms with van der Waals surface area (Å²) in [6.45, 7) is 6.34. The summed E-state index contributed by atoms with van der Waals surface area (Å²) in [4.78, 5) is 12.7. The number of fused-ring (bicyclic) bond motifs is 1. The number of benzene rings is 1. The van der Waals surface area contributed by atoms with Crippen molar-refractivity contribution in [1.82, 2.24) is 9.97 Å². The Morgan fingerprint density at radius 2 is 2.16 bits per heavy atom. The molecule has 0 saturated heterocycles. The number of hydrogen-bond acceptors (Lipinski definition) is 4. The Bertz CT molecular complexity index is 544. The standard InChI is InChI=1S/C14H14N4.Ir/c1-11(2)17-10-18(12-6-4-3-5-7-12)14-13(17)8-15-9-16-14;/h3-6,8-11H,1-2H3;/q-2;. The van der Waals surface area contributed by atoms with Crippen LogP contribution in [0.3, 0.4) is 0 Å². The molecule has 1 aliphatic heterocycles. The van der Waals surface area contributed by atoms with Gasteiger partial charge >= 0.3 is 0 Å². The van der Waals surface area contributed by atoms with Crippen molar-refractivity contribution in [2.45, 2.75) is 19.9 Å². The minimum atomic E-state index is 0. The molecular weight excluding hydrogens is 416 g/mol. The summed E-state index contributed by atoms with van der Waals surface area (Å²) in [5, 5.41) is 0. The van der Waals surface area contributed by atoms with E-state index in [4.69, 9.17) is 0 Å². The van der Waals surface area contributed by atoms with E-state index in [9.17, 15) is 0 Å². The summed E-state index contributed by atoms with van der Waals surface area (Å²) in [6.07, 6.45) is 3.42. The largest absolute Gasteiger partial charge is 0.497 e. The fourth-order valence-corrected chi connectivity index (χ4v) is 2.05. The summed E-state index contributed by atoms with van der Waals surface area (Å²) in [6, 6.07) is 11.5. The molecule has 4 nitrogen and oxygen atoms in total. The molecule has 101 valence electrons. The van der Waals surface area contributed by atoms with E-state index in [1.54, 1.807) is 6.33 Å². The van der Waals surface area contributed by atoms with E-state index in [0.29, 0.717) is 6.04 Å². The number of nitrogens with zero attached hydrogens (tertiary/aromatic N) is 4. The number of para-hydroxylation sites is 1. The smallest absolute Gasteiger partial charge is 0.128 e. The van der Waals surface area contributed by atoms with Crippen molar-refractivity contribution in [3.8, 4) is 0 Å².